The molecule has 0 fully saturated rings. The Balaban J connectivity index is 2.21. The average molecular weight is 274 g/mol. The fraction of sp³-hybridized carbons (Fsp3) is 0.158. The third-order valence-corrected chi connectivity index (χ3v) is 3.92. The molecule has 0 atom stereocenters. The van der Waals surface area contributed by atoms with Gasteiger partial charge in [-0.2, -0.15) is 0 Å². The molecule has 0 aliphatic heterocycles. The van der Waals surface area contributed by atoms with Gasteiger partial charge in [0.05, 0.1) is 5.69 Å². The Labute approximate surface area is 125 Å². The molecule has 0 bridgehead atoms. The van der Waals surface area contributed by atoms with E-state index in [-0.39, 0.29) is 0 Å². The molecule has 0 spiro atoms. The van der Waals surface area contributed by atoms with E-state index in [0.29, 0.717) is 0 Å². The summed E-state index contributed by atoms with van der Waals surface area (Å²) in [5, 5.41) is 0. The Morgan fingerprint density at radius 3 is 2.19 bits per heavy atom. The molecule has 2 aromatic carbocycles. The maximum absolute atomic E-state index is 4.46. The summed E-state index contributed by atoms with van der Waals surface area (Å²) in [5.41, 5.74) is 8.38. The van der Waals surface area contributed by atoms with Crippen molar-refractivity contribution in [1.82, 2.24) is 9.97 Å². The van der Waals surface area contributed by atoms with E-state index in [1.54, 1.807) is 6.33 Å². The summed E-state index contributed by atoms with van der Waals surface area (Å²) in [7, 11) is 0. The topological polar surface area (TPSA) is 25.8 Å². The SMILES string of the molecule is Cc1ccccc1-c1cccc(-c2ncncc2C)c1C. The number of aromatic nitrogens is 2. The van der Waals surface area contributed by atoms with Gasteiger partial charge in [0, 0.05) is 11.8 Å². The van der Waals surface area contributed by atoms with Gasteiger partial charge in [0.2, 0.25) is 0 Å². The molecule has 0 aliphatic rings. The maximum Gasteiger partial charge on any atom is 0.116 e. The van der Waals surface area contributed by atoms with Crippen LogP contribution in [0.5, 0.6) is 0 Å². The highest BCUT2D eigenvalue weighted by Gasteiger charge is 2.11. The van der Waals surface area contributed by atoms with Gasteiger partial charge >= 0.3 is 0 Å². The molecule has 0 radical (unpaired) electrons. The molecule has 3 aromatic rings. The van der Waals surface area contributed by atoms with Crippen LogP contribution in [-0.2, 0) is 0 Å². The van der Waals surface area contributed by atoms with Crippen molar-refractivity contribution in [3.63, 3.8) is 0 Å². The number of nitrogens with zero attached hydrogens (tertiary/aromatic N) is 2. The summed E-state index contributed by atoms with van der Waals surface area (Å²) < 4.78 is 0. The van der Waals surface area contributed by atoms with Crippen molar-refractivity contribution in [1.29, 1.82) is 0 Å². The number of hydrogen-bond acceptors (Lipinski definition) is 2. The Morgan fingerprint density at radius 1 is 0.714 bits per heavy atom. The molecule has 3 rings (SSSR count). The highest BCUT2D eigenvalue weighted by Crippen LogP contribution is 2.33. The number of aryl methyl sites for hydroxylation is 2. The average Bonchev–Trinajstić information content (AvgIpc) is 2.49. The molecule has 21 heavy (non-hydrogen) atoms. The van der Waals surface area contributed by atoms with Gasteiger partial charge < -0.3 is 0 Å². The molecule has 0 aliphatic carbocycles. The van der Waals surface area contributed by atoms with Crippen molar-refractivity contribution in [2.75, 3.05) is 0 Å². The van der Waals surface area contributed by atoms with Crippen LogP contribution in [0.2, 0.25) is 0 Å². The molecule has 0 unspecified atom stereocenters. The molecular weight excluding hydrogens is 256 g/mol. The second kappa shape index (κ2) is 5.49. The predicted octanol–water partition coefficient (Wildman–Crippen LogP) is 4.74. The van der Waals surface area contributed by atoms with Crippen LogP contribution in [0.25, 0.3) is 22.4 Å². The third kappa shape index (κ3) is 2.45. The van der Waals surface area contributed by atoms with Gasteiger partial charge in [0.1, 0.15) is 6.33 Å². The quantitative estimate of drug-likeness (QED) is 0.674. The molecule has 2 heteroatoms. The van der Waals surface area contributed by atoms with E-state index in [0.717, 1.165) is 11.3 Å². The summed E-state index contributed by atoms with van der Waals surface area (Å²) in [6.07, 6.45) is 3.48. The highest BCUT2D eigenvalue weighted by molar-refractivity contribution is 5.79. The molecule has 0 saturated carbocycles. The van der Waals surface area contributed by atoms with Crippen LogP contribution >= 0.6 is 0 Å². The van der Waals surface area contributed by atoms with Crippen molar-refractivity contribution >= 4 is 0 Å². The molecular formula is C19H18N2. The Bertz CT molecular complexity index is 727. The highest BCUT2D eigenvalue weighted by atomic mass is 14.8. The lowest BCUT2D eigenvalue weighted by Crippen LogP contribution is -1.94. The number of benzene rings is 2. The van der Waals surface area contributed by atoms with E-state index in [1.165, 1.54) is 27.8 Å². The molecule has 0 N–H and O–H groups in total. The van der Waals surface area contributed by atoms with Crippen molar-refractivity contribution in [3.05, 3.63) is 71.7 Å². The zero-order valence-corrected chi connectivity index (χ0v) is 12.6. The maximum atomic E-state index is 4.46. The minimum Gasteiger partial charge on any atom is -0.245 e. The standard InChI is InChI=1S/C19H18N2/c1-13-7-4-5-8-16(13)17-9-6-10-18(15(17)3)19-14(2)11-20-12-21-19/h4-12H,1-3H3. The lowest BCUT2D eigenvalue weighted by Gasteiger charge is -2.14. The minimum atomic E-state index is 1.01. The largest absolute Gasteiger partial charge is 0.245 e. The zero-order valence-electron chi connectivity index (χ0n) is 12.6. The van der Waals surface area contributed by atoms with E-state index >= 15 is 0 Å². The molecule has 2 nitrogen and oxygen atoms in total. The second-order valence-electron chi connectivity index (χ2n) is 5.35. The van der Waals surface area contributed by atoms with Gasteiger partial charge in [-0.1, -0.05) is 42.5 Å². The number of hydrogen-bond donors (Lipinski definition) is 0. The normalized spacial score (nSPS) is 10.6. The first-order valence-corrected chi connectivity index (χ1v) is 7.11. The van der Waals surface area contributed by atoms with Gasteiger partial charge in [-0.15, -0.1) is 0 Å². The fourth-order valence-electron chi connectivity index (χ4n) is 2.74. The first-order chi connectivity index (χ1) is 10.2. The first-order valence-electron chi connectivity index (χ1n) is 7.11. The van der Waals surface area contributed by atoms with Crippen LogP contribution in [0.1, 0.15) is 16.7 Å². The first kappa shape index (κ1) is 13.5. The van der Waals surface area contributed by atoms with Crippen molar-refractivity contribution in [3.8, 4) is 22.4 Å². The molecule has 1 heterocycles. The number of rotatable bonds is 2. The monoisotopic (exact) mass is 274 g/mol. The summed E-state index contributed by atoms with van der Waals surface area (Å²) in [4.78, 5) is 8.54. The summed E-state index contributed by atoms with van der Waals surface area (Å²) in [5.74, 6) is 0. The summed E-state index contributed by atoms with van der Waals surface area (Å²) in [6.45, 7) is 6.37. The summed E-state index contributed by atoms with van der Waals surface area (Å²) >= 11 is 0. The van der Waals surface area contributed by atoms with Gasteiger partial charge in [0.15, 0.2) is 0 Å². The Morgan fingerprint density at radius 2 is 1.43 bits per heavy atom. The van der Waals surface area contributed by atoms with Crippen LogP contribution < -0.4 is 0 Å². The predicted molar refractivity (Wildman–Crippen MR) is 87.1 cm³/mol. The van der Waals surface area contributed by atoms with Crippen LogP contribution in [0.15, 0.2) is 55.0 Å². The minimum absolute atomic E-state index is 1.01. The van der Waals surface area contributed by atoms with E-state index in [1.807, 2.05) is 6.20 Å². The van der Waals surface area contributed by atoms with Gasteiger partial charge in [-0.3, -0.25) is 0 Å². The molecule has 0 saturated heterocycles. The van der Waals surface area contributed by atoms with Crippen molar-refractivity contribution in [2.45, 2.75) is 20.8 Å². The van der Waals surface area contributed by atoms with Crippen LogP contribution in [-0.4, -0.2) is 9.97 Å². The van der Waals surface area contributed by atoms with E-state index in [9.17, 15) is 0 Å². The van der Waals surface area contributed by atoms with Crippen molar-refractivity contribution in [2.24, 2.45) is 0 Å². The Hall–Kier alpha value is -2.48. The second-order valence-corrected chi connectivity index (χ2v) is 5.35. The fourth-order valence-corrected chi connectivity index (χ4v) is 2.74. The lowest BCUT2D eigenvalue weighted by molar-refractivity contribution is 1.13. The molecule has 1 aromatic heterocycles. The lowest BCUT2D eigenvalue weighted by atomic mass is 9.92. The van der Waals surface area contributed by atoms with Gasteiger partial charge in [-0.25, -0.2) is 9.97 Å². The summed E-state index contributed by atoms with van der Waals surface area (Å²) in [6, 6.07) is 14.9. The van der Waals surface area contributed by atoms with E-state index in [2.05, 4.69) is 73.2 Å². The van der Waals surface area contributed by atoms with E-state index < -0.39 is 0 Å². The van der Waals surface area contributed by atoms with E-state index in [4.69, 9.17) is 0 Å². The van der Waals surface area contributed by atoms with Crippen LogP contribution in [0, 0.1) is 20.8 Å². The smallest absolute Gasteiger partial charge is 0.116 e. The molecule has 104 valence electrons. The Kier molecular flexibility index (Phi) is 3.53. The molecule has 0 amide bonds. The van der Waals surface area contributed by atoms with Crippen LogP contribution in [0.4, 0.5) is 0 Å². The van der Waals surface area contributed by atoms with Crippen molar-refractivity contribution < 1.29 is 0 Å². The van der Waals surface area contributed by atoms with Crippen LogP contribution in [0.3, 0.4) is 0 Å². The zero-order chi connectivity index (χ0) is 14.8. The van der Waals surface area contributed by atoms with Gasteiger partial charge in [0.25, 0.3) is 0 Å². The third-order valence-electron chi connectivity index (χ3n) is 3.92. The van der Waals surface area contributed by atoms with Gasteiger partial charge in [-0.05, 0) is 48.6 Å².